The van der Waals surface area contributed by atoms with E-state index in [-0.39, 0.29) is 10.9 Å². The molecule has 3 nitrogen and oxygen atoms in total. The SMILES string of the molecule is Cc1ccc(F)c(S(=O)(=O)NC(C)C)c1. The van der Waals surface area contributed by atoms with E-state index in [0.717, 1.165) is 6.07 Å². The van der Waals surface area contributed by atoms with Crippen molar-refractivity contribution in [2.45, 2.75) is 31.7 Å². The highest BCUT2D eigenvalue weighted by Gasteiger charge is 2.19. The quantitative estimate of drug-likeness (QED) is 0.862. The molecule has 1 aromatic carbocycles. The Labute approximate surface area is 89.4 Å². The maximum absolute atomic E-state index is 13.3. The molecule has 0 atom stereocenters. The molecule has 0 amide bonds. The topological polar surface area (TPSA) is 46.2 Å². The molecule has 1 N–H and O–H groups in total. The lowest BCUT2D eigenvalue weighted by atomic mass is 10.2. The summed E-state index contributed by atoms with van der Waals surface area (Å²) in [4.78, 5) is -0.295. The van der Waals surface area contributed by atoms with Crippen LogP contribution in [0.4, 0.5) is 4.39 Å². The first kappa shape index (κ1) is 12.1. The van der Waals surface area contributed by atoms with E-state index in [1.807, 2.05) is 0 Å². The van der Waals surface area contributed by atoms with E-state index in [2.05, 4.69) is 4.72 Å². The number of aryl methyl sites for hydroxylation is 1. The summed E-state index contributed by atoms with van der Waals surface area (Å²) in [6.07, 6.45) is 0. The van der Waals surface area contributed by atoms with E-state index < -0.39 is 15.8 Å². The van der Waals surface area contributed by atoms with Crippen molar-refractivity contribution in [2.75, 3.05) is 0 Å². The van der Waals surface area contributed by atoms with Gasteiger partial charge in [0.15, 0.2) is 0 Å². The Morgan fingerprint density at radius 3 is 2.47 bits per heavy atom. The summed E-state index contributed by atoms with van der Waals surface area (Å²) in [6.45, 7) is 5.09. The van der Waals surface area contributed by atoms with Crippen molar-refractivity contribution in [2.24, 2.45) is 0 Å². The monoisotopic (exact) mass is 231 g/mol. The summed E-state index contributed by atoms with van der Waals surface area (Å²) in [7, 11) is -3.74. The molecule has 5 heteroatoms. The van der Waals surface area contributed by atoms with Crippen LogP contribution in [0.15, 0.2) is 23.1 Å². The highest BCUT2D eigenvalue weighted by molar-refractivity contribution is 7.89. The van der Waals surface area contributed by atoms with Crippen LogP contribution in [0.5, 0.6) is 0 Å². The summed E-state index contributed by atoms with van der Waals surface area (Å²) >= 11 is 0. The first-order chi connectivity index (χ1) is 6.83. The number of hydrogen-bond donors (Lipinski definition) is 1. The van der Waals surface area contributed by atoms with Gasteiger partial charge in [0.2, 0.25) is 10.0 Å². The molecule has 0 aliphatic carbocycles. The zero-order valence-electron chi connectivity index (χ0n) is 8.91. The predicted molar refractivity (Wildman–Crippen MR) is 56.6 cm³/mol. The van der Waals surface area contributed by atoms with Crippen molar-refractivity contribution >= 4 is 10.0 Å². The van der Waals surface area contributed by atoms with Crippen molar-refractivity contribution in [3.8, 4) is 0 Å². The molecule has 0 saturated heterocycles. The van der Waals surface area contributed by atoms with Crippen LogP contribution in [0.25, 0.3) is 0 Å². The van der Waals surface area contributed by atoms with Gasteiger partial charge in [-0.1, -0.05) is 6.07 Å². The van der Waals surface area contributed by atoms with Gasteiger partial charge in [-0.05, 0) is 38.5 Å². The highest BCUT2D eigenvalue weighted by Crippen LogP contribution is 2.16. The number of hydrogen-bond acceptors (Lipinski definition) is 2. The van der Waals surface area contributed by atoms with Crippen LogP contribution in [0.3, 0.4) is 0 Å². The van der Waals surface area contributed by atoms with Gasteiger partial charge in [0, 0.05) is 6.04 Å². The molecule has 84 valence electrons. The second kappa shape index (κ2) is 4.28. The average Bonchev–Trinajstić information content (AvgIpc) is 2.06. The zero-order valence-corrected chi connectivity index (χ0v) is 9.73. The molecule has 0 bridgehead atoms. The van der Waals surface area contributed by atoms with Crippen LogP contribution in [-0.2, 0) is 10.0 Å². The lowest BCUT2D eigenvalue weighted by molar-refractivity contribution is 0.548. The first-order valence-corrected chi connectivity index (χ1v) is 6.10. The molecule has 0 aromatic heterocycles. The van der Waals surface area contributed by atoms with Crippen molar-refractivity contribution in [3.05, 3.63) is 29.6 Å². The van der Waals surface area contributed by atoms with Gasteiger partial charge in [-0.2, -0.15) is 0 Å². The Kier molecular flexibility index (Phi) is 3.46. The Hall–Kier alpha value is -0.940. The first-order valence-electron chi connectivity index (χ1n) is 4.61. The minimum atomic E-state index is -3.74. The van der Waals surface area contributed by atoms with Crippen molar-refractivity contribution in [1.82, 2.24) is 4.72 Å². The van der Waals surface area contributed by atoms with Gasteiger partial charge < -0.3 is 0 Å². The molecule has 0 spiro atoms. The standard InChI is InChI=1S/C10H14FNO2S/c1-7(2)12-15(13,14)10-6-8(3)4-5-9(10)11/h4-7,12H,1-3H3. The fourth-order valence-corrected chi connectivity index (χ4v) is 2.60. The third-order valence-electron chi connectivity index (χ3n) is 1.77. The second-order valence-electron chi connectivity index (χ2n) is 3.71. The van der Waals surface area contributed by atoms with E-state index >= 15 is 0 Å². The largest absolute Gasteiger partial charge is 0.243 e. The van der Waals surface area contributed by atoms with Crippen molar-refractivity contribution in [1.29, 1.82) is 0 Å². The van der Waals surface area contributed by atoms with Crippen LogP contribution in [0.2, 0.25) is 0 Å². The van der Waals surface area contributed by atoms with Gasteiger partial charge in [0.1, 0.15) is 10.7 Å². The fourth-order valence-electron chi connectivity index (χ4n) is 1.19. The molecule has 15 heavy (non-hydrogen) atoms. The lowest BCUT2D eigenvalue weighted by Crippen LogP contribution is -2.30. The maximum Gasteiger partial charge on any atom is 0.243 e. The molecular weight excluding hydrogens is 217 g/mol. The minimum absolute atomic E-state index is 0.255. The highest BCUT2D eigenvalue weighted by atomic mass is 32.2. The molecule has 0 saturated carbocycles. The van der Waals surface area contributed by atoms with Crippen LogP contribution in [0, 0.1) is 12.7 Å². The Balaban J connectivity index is 3.21. The third kappa shape index (κ3) is 3.00. The molecule has 0 aliphatic rings. The van der Waals surface area contributed by atoms with Crippen molar-refractivity contribution < 1.29 is 12.8 Å². The van der Waals surface area contributed by atoms with E-state index in [4.69, 9.17) is 0 Å². The molecule has 0 radical (unpaired) electrons. The van der Waals surface area contributed by atoms with Crippen LogP contribution in [-0.4, -0.2) is 14.5 Å². The number of sulfonamides is 1. The number of halogens is 1. The third-order valence-corrected chi connectivity index (χ3v) is 3.44. The van der Waals surface area contributed by atoms with Crippen LogP contribution in [0.1, 0.15) is 19.4 Å². The molecule has 0 aliphatic heterocycles. The van der Waals surface area contributed by atoms with Gasteiger partial charge in [-0.15, -0.1) is 0 Å². The fraction of sp³-hybridized carbons (Fsp3) is 0.400. The summed E-state index contributed by atoms with van der Waals surface area (Å²) in [5.74, 6) is -0.728. The smallest absolute Gasteiger partial charge is 0.209 e. The maximum atomic E-state index is 13.3. The summed E-state index contributed by atoms with van der Waals surface area (Å²) in [6, 6.07) is 3.75. The molecule has 0 fully saturated rings. The van der Waals surface area contributed by atoms with Gasteiger partial charge in [-0.25, -0.2) is 17.5 Å². The minimum Gasteiger partial charge on any atom is -0.209 e. The number of rotatable bonds is 3. The van der Waals surface area contributed by atoms with E-state index in [0.29, 0.717) is 5.56 Å². The van der Waals surface area contributed by atoms with Crippen LogP contribution < -0.4 is 4.72 Å². The molecule has 0 heterocycles. The Morgan fingerprint density at radius 2 is 1.93 bits per heavy atom. The summed E-state index contributed by atoms with van der Waals surface area (Å²) in [5, 5.41) is 0. The molecule has 1 rings (SSSR count). The average molecular weight is 231 g/mol. The zero-order chi connectivity index (χ0) is 11.6. The molecule has 1 aromatic rings. The lowest BCUT2D eigenvalue weighted by Gasteiger charge is -2.10. The predicted octanol–water partition coefficient (Wildman–Crippen LogP) is 1.82. The number of nitrogens with one attached hydrogen (secondary N) is 1. The Bertz CT molecular complexity index is 454. The van der Waals surface area contributed by atoms with E-state index in [9.17, 15) is 12.8 Å². The number of benzene rings is 1. The van der Waals surface area contributed by atoms with E-state index in [1.54, 1.807) is 20.8 Å². The normalized spacial score (nSPS) is 12.1. The summed E-state index contributed by atoms with van der Waals surface area (Å²) in [5.41, 5.74) is 0.709. The van der Waals surface area contributed by atoms with Gasteiger partial charge in [0.25, 0.3) is 0 Å². The Morgan fingerprint density at radius 1 is 1.33 bits per heavy atom. The van der Waals surface area contributed by atoms with Crippen LogP contribution >= 0.6 is 0 Å². The summed E-state index contributed by atoms with van der Waals surface area (Å²) < 4.78 is 39.0. The van der Waals surface area contributed by atoms with E-state index in [1.165, 1.54) is 12.1 Å². The van der Waals surface area contributed by atoms with Gasteiger partial charge in [-0.3, -0.25) is 0 Å². The van der Waals surface area contributed by atoms with Gasteiger partial charge in [0.05, 0.1) is 0 Å². The van der Waals surface area contributed by atoms with Gasteiger partial charge >= 0.3 is 0 Å². The molecular formula is C10H14FNO2S. The second-order valence-corrected chi connectivity index (χ2v) is 5.39. The molecule has 0 unspecified atom stereocenters. The van der Waals surface area contributed by atoms with Crippen molar-refractivity contribution in [3.63, 3.8) is 0 Å².